The average Bonchev–Trinajstić information content (AvgIpc) is 1.11. The quantitative estimate of drug-likeness (QED) is 0.0684. The summed E-state index contributed by atoms with van der Waals surface area (Å²) in [5.74, 6) is 1.09. The summed E-state index contributed by atoms with van der Waals surface area (Å²) in [6.07, 6.45) is 1.54. The Hall–Kier alpha value is -14.3. The van der Waals surface area contributed by atoms with Gasteiger partial charge in [-0.1, -0.05) is 75.2 Å². The number of pyridine rings is 1. The van der Waals surface area contributed by atoms with Gasteiger partial charge in [-0.05, 0) is 267 Å². The molecule has 0 radical (unpaired) electrons. The Morgan fingerprint density at radius 3 is 1.05 bits per heavy atom. The van der Waals surface area contributed by atoms with Crippen LogP contribution in [0.15, 0.2) is 247 Å². The van der Waals surface area contributed by atoms with Gasteiger partial charge in [-0.25, -0.2) is 38.3 Å². The van der Waals surface area contributed by atoms with Crippen LogP contribution in [-0.4, -0.2) is 224 Å². The van der Waals surface area contributed by atoms with E-state index in [4.69, 9.17) is 69.8 Å². The molecule has 0 N–H and O–H groups in total. The van der Waals surface area contributed by atoms with Gasteiger partial charge in [-0.3, -0.25) is 24.2 Å². The second-order valence-corrected chi connectivity index (χ2v) is 42.8. The van der Waals surface area contributed by atoms with Crippen molar-refractivity contribution in [1.82, 2.24) is 61.7 Å². The summed E-state index contributed by atoms with van der Waals surface area (Å²) in [6, 6.07) is 64.2. The molecule has 35 nitrogen and oxygen atoms in total. The number of aromatic nitrogens is 5. The first-order valence-electron chi connectivity index (χ1n) is 43.5. The second kappa shape index (κ2) is 44.2. The predicted molar refractivity (Wildman–Crippen MR) is 525 cm³/mol. The Morgan fingerprint density at radius 1 is 0.366 bits per heavy atom. The number of piperazine rings is 4. The Kier molecular flexibility index (Phi) is 31.8. The molecule has 10 aromatic carbocycles. The first-order chi connectivity index (χ1) is 67.9. The highest BCUT2D eigenvalue weighted by Gasteiger charge is 2.40. The van der Waals surface area contributed by atoms with Gasteiger partial charge in [-0.15, -0.1) is 5.10 Å². The molecule has 4 aliphatic heterocycles. The number of nitriles is 4. The average molecular weight is 2090 g/mol. The van der Waals surface area contributed by atoms with Gasteiger partial charge in [0.2, 0.25) is 40.1 Å². The largest absolute Gasteiger partial charge is 0.456 e. The summed E-state index contributed by atoms with van der Waals surface area (Å²) >= 11 is 25.5. The molecule has 0 saturated carbocycles. The molecule has 0 spiro atoms. The van der Waals surface area contributed by atoms with Crippen LogP contribution in [0.2, 0.25) is 20.1 Å². The number of amides is 4. The number of fused-ring (bicyclic) bond motifs is 2. The van der Waals surface area contributed by atoms with Gasteiger partial charge in [0, 0.05) is 142 Å². The summed E-state index contributed by atoms with van der Waals surface area (Å²) in [4.78, 5) is 61.7. The lowest BCUT2D eigenvalue weighted by molar-refractivity contribution is 0.0666. The molecule has 4 saturated heterocycles. The number of hydrogen-bond acceptors (Lipinski definition) is 28. The molecule has 4 fully saturated rings. The number of furan rings is 1. The van der Waals surface area contributed by atoms with Gasteiger partial charge in [-0.2, -0.15) is 38.3 Å². The molecule has 0 atom stereocenters. The third-order valence-corrected chi connectivity index (χ3v) is 32.1. The van der Waals surface area contributed by atoms with Crippen molar-refractivity contribution in [3.05, 3.63) is 311 Å². The number of nitrogens with zero attached hydrogens (tertiary/aromatic N) is 17. The van der Waals surface area contributed by atoms with Gasteiger partial charge < -0.3 is 43.0 Å². The van der Waals surface area contributed by atoms with Crippen molar-refractivity contribution in [2.75, 3.05) is 105 Å². The summed E-state index contributed by atoms with van der Waals surface area (Å²) in [5, 5.41) is 51.4. The predicted octanol–water partition coefficient (Wildman–Crippen LogP) is 16.7. The zero-order valence-electron chi connectivity index (χ0n) is 76.1. The molecule has 142 heavy (non-hydrogen) atoms. The lowest BCUT2D eigenvalue weighted by atomic mass is 10.1. The van der Waals surface area contributed by atoms with E-state index in [1.807, 2.05) is 70.2 Å². The lowest BCUT2D eigenvalue weighted by Crippen LogP contribution is -2.50. The molecular formula is C98H83Cl4N17O18S5. The normalized spacial score (nSPS) is 14.5. The Balaban J connectivity index is 0.000000143. The Bertz CT molecular complexity index is 7610. The van der Waals surface area contributed by atoms with Crippen LogP contribution < -0.4 is 18.9 Å². The molecule has 14 aromatic rings. The molecule has 0 unspecified atom stereocenters. The summed E-state index contributed by atoms with van der Waals surface area (Å²) in [6.45, 7) is 11.5. The third-order valence-electron chi connectivity index (χ3n) is 22.7. The molecule has 4 amide bonds. The topological polar surface area (TPSA) is 454 Å². The van der Waals surface area contributed by atoms with Crippen molar-refractivity contribution in [1.29, 1.82) is 21.0 Å². The van der Waals surface area contributed by atoms with Crippen molar-refractivity contribution < 1.29 is 80.8 Å². The number of benzene rings is 10. The van der Waals surface area contributed by atoms with E-state index in [0.717, 1.165) is 39.2 Å². The van der Waals surface area contributed by atoms with E-state index in [0.29, 0.717) is 81.5 Å². The third kappa shape index (κ3) is 23.9. The van der Waals surface area contributed by atoms with E-state index in [-0.39, 0.29) is 199 Å². The van der Waals surface area contributed by atoms with Crippen LogP contribution in [0.25, 0.3) is 22.0 Å². The van der Waals surface area contributed by atoms with Crippen molar-refractivity contribution in [3.63, 3.8) is 0 Å². The molecule has 44 heteroatoms. The first kappa shape index (κ1) is 102. The van der Waals surface area contributed by atoms with Gasteiger partial charge in [0.25, 0.3) is 23.6 Å². The van der Waals surface area contributed by atoms with E-state index in [9.17, 15) is 73.9 Å². The number of carbonyl (C=O) groups is 4. The number of carbonyl (C=O) groups excluding carboxylic acids is 4. The van der Waals surface area contributed by atoms with Crippen molar-refractivity contribution in [3.8, 4) is 70.3 Å². The summed E-state index contributed by atoms with van der Waals surface area (Å²) in [5.41, 5.74) is 7.06. The number of sulfonamides is 4. The summed E-state index contributed by atoms with van der Waals surface area (Å²) < 4.78 is 152. The maximum atomic E-state index is 13.7. The molecular weight excluding hydrogens is 2010 g/mol. The van der Waals surface area contributed by atoms with E-state index in [2.05, 4.69) is 29.5 Å². The van der Waals surface area contributed by atoms with Crippen LogP contribution in [0, 0.1) is 79.9 Å². The molecule has 8 heterocycles. The monoisotopic (exact) mass is 2090 g/mol. The van der Waals surface area contributed by atoms with Gasteiger partial charge in [0.1, 0.15) is 92.8 Å². The fraction of sp³-hybridized carbons (Fsp3) is 0.214. The van der Waals surface area contributed by atoms with Crippen LogP contribution in [-0.2, 0) is 40.1 Å². The minimum absolute atomic E-state index is 0.0775. The number of rotatable bonds is 20. The highest BCUT2D eigenvalue weighted by atomic mass is 35.5. The SMILES string of the molecule is Cc1cc(Cl)cc(Oc2ccc(C#N)cc2S(=O)(=O)N2CCN(C(=O)c3cc4ccccc4o3)CC2)c1.Cc1cc(Cl)cc(Oc2ccc(C#N)cc2S(=O)(=O)N2CCN(C(=O)c3ccc4nonc4c3)CC2)c1.Cc1cc(Cl)cc(Oc2ccc(C#N)cc2S(=O)(=O)N2CCN(C(=O)c3ccccn3)CC2)c1.Cc1cc(Cl)cc(Oc2ccc(C#N)cc2S(=O)(=O)N2CCN(C(=O)c3snnc3C)CC2)c1. The molecule has 0 bridgehead atoms. The number of aryl methyl sites for hydroxylation is 5. The highest BCUT2D eigenvalue weighted by molar-refractivity contribution is 7.90. The standard InChI is InChI=1S/C27H22ClN3O5S.C25H20ClN5O5S.C24H21ClN4O4S.C22H20ClN5O4S2/c1-18-12-21(28)16-22(13-18)35-24-7-6-19(17-29)14-26(24)37(33,34)31-10-8-30(9-11-31)27(32)25-15-20-4-2-3-5-23(20)36-25;1-16-10-19(26)14-20(11-16)35-23-5-2-17(15-27)12-24(23)37(33,34)31-8-6-30(7-9-31)25(32)18-3-4-21-22(13-18)29-36-28-21;1-17-12-19(25)15-20(13-17)33-22-6-5-18(16-26)14-23(22)34(31,32)29-10-8-28(9-11-29)24(30)21-4-2-3-7-27-21;1-14-9-17(23)12-18(10-14)32-19-4-3-16(13-24)11-20(19)34(30,31)28-7-5-27(6-8-28)22(29)21-15(2)25-26-33-21/h2-7,12-16H,8-11H2,1H3;2-5,10-14H,6-9H2,1H3;2-7,12-15H,8-11H2,1H3;3-4,9-12H,5-8H2,1-2H3. The van der Waals surface area contributed by atoms with Crippen LogP contribution in [0.3, 0.4) is 0 Å². The van der Waals surface area contributed by atoms with E-state index < -0.39 is 40.1 Å². The highest BCUT2D eigenvalue weighted by Crippen LogP contribution is 2.41. The van der Waals surface area contributed by atoms with Crippen LogP contribution in [0.4, 0.5) is 0 Å². The fourth-order valence-electron chi connectivity index (χ4n) is 15.7. The second-order valence-electron chi connectivity index (χ2n) is 32.7. The number of halogens is 4. The maximum absolute atomic E-state index is 13.7. The maximum Gasteiger partial charge on any atom is 0.289 e. The smallest absolute Gasteiger partial charge is 0.289 e. The number of ether oxygens (including phenoxy) is 4. The van der Waals surface area contributed by atoms with Gasteiger partial charge in [0.05, 0.1) is 52.2 Å². The van der Waals surface area contributed by atoms with Crippen molar-refractivity contribution >= 4 is 144 Å². The van der Waals surface area contributed by atoms with E-state index in [1.165, 1.54) is 90.0 Å². The van der Waals surface area contributed by atoms with Crippen LogP contribution in [0.5, 0.6) is 46.0 Å². The molecule has 0 aliphatic carbocycles. The van der Waals surface area contributed by atoms with Gasteiger partial charge in [0.15, 0.2) is 5.76 Å². The first-order valence-corrected chi connectivity index (χ1v) is 51.6. The van der Waals surface area contributed by atoms with E-state index in [1.54, 1.807) is 154 Å². The minimum Gasteiger partial charge on any atom is -0.456 e. The molecule has 4 aromatic heterocycles. The minimum atomic E-state index is -4.05. The summed E-state index contributed by atoms with van der Waals surface area (Å²) in [7, 11) is -16.1. The fourth-order valence-corrected chi connectivity index (χ4v) is 23.6. The Labute approximate surface area is 840 Å². The van der Waals surface area contributed by atoms with Crippen molar-refractivity contribution in [2.45, 2.75) is 54.2 Å². The lowest BCUT2D eigenvalue weighted by Gasteiger charge is -2.34. The Morgan fingerprint density at radius 2 is 0.711 bits per heavy atom. The number of hydrogen-bond donors (Lipinski definition) is 0. The van der Waals surface area contributed by atoms with E-state index >= 15 is 0 Å². The van der Waals surface area contributed by atoms with Crippen molar-refractivity contribution in [2.24, 2.45) is 0 Å². The van der Waals surface area contributed by atoms with Gasteiger partial charge >= 0.3 is 0 Å². The zero-order valence-corrected chi connectivity index (χ0v) is 83.2. The van der Waals surface area contributed by atoms with Crippen LogP contribution >= 0.6 is 57.9 Å². The molecule has 18 rings (SSSR count). The molecule has 4 aliphatic rings. The zero-order chi connectivity index (χ0) is 101. The number of para-hydroxylation sites is 1. The molecule has 726 valence electrons. The van der Waals surface area contributed by atoms with Crippen LogP contribution in [0.1, 0.15) is 91.3 Å².